The molecule has 0 saturated heterocycles. The maximum absolute atomic E-state index is 2.48. The number of halogens is 2. The minimum absolute atomic E-state index is 0. The molecule has 0 spiro atoms. The van der Waals surface area contributed by atoms with Gasteiger partial charge < -0.3 is 0 Å². The third kappa shape index (κ3) is 4.35. The van der Waals surface area contributed by atoms with Gasteiger partial charge in [-0.2, -0.15) is 0 Å². The second-order valence-corrected chi connectivity index (χ2v) is 20.4. The minimum atomic E-state index is -2.00. The fraction of sp³-hybridized carbons (Fsp3) is 0.500. The molecule has 12 heavy (non-hydrogen) atoms. The Morgan fingerprint density at radius 1 is 1.08 bits per heavy atom. The molecule has 1 heterocycles. The average Bonchev–Trinajstić information content (AvgIpc) is 2.04. The summed E-state index contributed by atoms with van der Waals surface area (Å²) in [5.41, 5.74) is 0. The van der Waals surface area contributed by atoms with Crippen LogP contribution in [0.15, 0.2) is 17.9 Å². The molecule has 1 rings (SSSR count). The predicted octanol–water partition coefficient (Wildman–Crippen LogP) is 4.07. The van der Waals surface area contributed by atoms with Gasteiger partial charge in [0, 0.05) is 0 Å². The van der Waals surface area contributed by atoms with Gasteiger partial charge in [0.1, 0.15) is 0 Å². The molecule has 1 unspecified atom stereocenters. The van der Waals surface area contributed by atoms with Gasteiger partial charge in [0.15, 0.2) is 0 Å². The normalized spacial score (nSPS) is 14.2. The summed E-state index contributed by atoms with van der Waals surface area (Å²) in [5, 5.41) is 9.90. The van der Waals surface area contributed by atoms with Crippen molar-refractivity contribution in [3.05, 3.63) is 17.9 Å². The number of hydrogen-bond donors (Lipinski definition) is 0. The first kappa shape index (κ1) is 15.5. The van der Waals surface area contributed by atoms with E-state index in [1.54, 1.807) is 3.60 Å². The van der Waals surface area contributed by atoms with Gasteiger partial charge in [-0.1, -0.05) is 0 Å². The van der Waals surface area contributed by atoms with Gasteiger partial charge in [-0.15, -0.1) is 24.8 Å². The van der Waals surface area contributed by atoms with E-state index in [-0.39, 0.29) is 24.8 Å². The van der Waals surface area contributed by atoms with Gasteiger partial charge in [0.25, 0.3) is 0 Å². The molecule has 0 aromatic carbocycles. The summed E-state index contributed by atoms with van der Waals surface area (Å²) < 4.78 is 1.75. The summed E-state index contributed by atoms with van der Waals surface area (Å²) in [5.74, 6) is 2.29. The molecule has 0 N–H and O–H groups in total. The van der Waals surface area contributed by atoms with Crippen LogP contribution < -0.4 is 3.60 Å². The van der Waals surface area contributed by atoms with Crippen LogP contribution in [0.1, 0.15) is 0 Å². The van der Waals surface area contributed by atoms with Crippen LogP contribution in [0.2, 0.25) is 20.9 Å². The van der Waals surface area contributed by atoms with Crippen LogP contribution in [-0.2, 0) is 15.3 Å². The Morgan fingerprint density at radius 2 is 1.58 bits per heavy atom. The van der Waals surface area contributed by atoms with E-state index >= 15 is 0 Å². The van der Waals surface area contributed by atoms with Crippen molar-refractivity contribution in [2.45, 2.75) is 20.9 Å². The SMILES string of the molecule is Cl.Cl.[CH3][Ti]([CH3])([CH3])([CH3])[c]1ccc[pH]1. The van der Waals surface area contributed by atoms with Crippen molar-refractivity contribution < 1.29 is 15.3 Å². The maximum atomic E-state index is 2.48. The number of rotatable bonds is 1. The Hall–Kier alpha value is 1.07. The van der Waals surface area contributed by atoms with Crippen molar-refractivity contribution in [3.8, 4) is 0 Å². The summed E-state index contributed by atoms with van der Waals surface area (Å²) in [7, 11) is 0.988. The summed E-state index contributed by atoms with van der Waals surface area (Å²) in [6.07, 6.45) is 0. The van der Waals surface area contributed by atoms with Crippen LogP contribution >= 0.6 is 33.0 Å². The third-order valence-corrected chi connectivity index (χ3v) is 10.9. The van der Waals surface area contributed by atoms with Crippen LogP contribution in [-0.4, -0.2) is 0 Å². The van der Waals surface area contributed by atoms with Crippen LogP contribution in [0.5, 0.6) is 0 Å². The van der Waals surface area contributed by atoms with Crippen molar-refractivity contribution in [2.75, 3.05) is 0 Å². The molecule has 1 atom stereocenters. The zero-order valence-corrected chi connectivity index (χ0v) is 12.2. The van der Waals surface area contributed by atoms with Crippen molar-refractivity contribution in [3.63, 3.8) is 0 Å². The molecule has 1 aromatic heterocycles. The Balaban J connectivity index is 0. The molecule has 0 aliphatic carbocycles. The van der Waals surface area contributed by atoms with Gasteiger partial charge >= 0.3 is 65.9 Å². The topological polar surface area (TPSA) is 0 Å². The fourth-order valence-corrected chi connectivity index (χ4v) is 6.38. The molecule has 0 fully saturated rings. The average molecular weight is 264 g/mol. The summed E-state index contributed by atoms with van der Waals surface area (Å²) in [6.45, 7) is 0. The molecule has 0 radical (unpaired) electrons. The van der Waals surface area contributed by atoms with Gasteiger partial charge in [-0.05, 0) is 0 Å². The van der Waals surface area contributed by atoms with E-state index in [1.807, 2.05) is 0 Å². The van der Waals surface area contributed by atoms with E-state index in [9.17, 15) is 0 Å². The van der Waals surface area contributed by atoms with Crippen molar-refractivity contribution >= 4 is 36.6 Å². The fourth-order valence-electron chi connectivity index (χ4n) is 0.952. The van der Waals surface area contributed by atoms with E-state index in [4.69, 9.17) is 0 Å². The molecule has 4 heteroatoms. The Morgan fingerprint density at radius 3 is 1.75 bits per heavy atom. The van der Waals surface area contributed by atoms with E-state index in [0.717, 1.165) is 8.19 Å². The molecular weight excluding hydrogens is 246 g/mol. The molecule has 0 nitrogen and oxygen atoms in total. The van der Waals surface area contributed by atoms with Crippen LogP contribution in [0.3, 0.4) is 0 Å². The Kier molecular flexibility index (Phi) is 5.87. The van der Waals surface area contributed by atoms with Crippen molar-refractivity contribution in [1.82, 2.24) is 0 Å². The quantitative estimate of drug-likeness (QED) is 0.670. The summed E-state index contributed by atoms with van der Waals surface area (Å²) in [4.78, 5) is 0. The number of hydrogen-bond acceptors (Lipinski definition) is 0. The van der Waals surface area contributed by atoms with Crippen molar-refractivity contribution in [1.29, 1.82) is 0 Å². The molecule has 0 aliphatic heterocycles. The summed E-state index contributed by atoms with van der Waals surface area (Å²) in [6, 6.07) is 4.53. The second-order valence-electron chi connectivity index (χ2n) is 5.08. The molecule has 1 aromatic rings. The standard InChI is InChI=1S/C4H4P.4CH3.2ClH.Ti/c1-2-4-5-3-1;;;;;;;/h1-3,5H;4*1H3;2*1H;. The Bertz CT molecular complexity index is 214. The first-order chi connectivity index (χ1) is 4.36. The zero-order valence-electron chi connectivity index (χ0n) is 8.05. The van der Waals surface area contributed by atoms with Crippen LogP contribution in [0, 0.1) is 0 Å². The molecule has 0 saturated carbocycles. The molecule has 0 amide bonds. The van der Waals surface area contributed by atoms with E-state index in [2.05, 4.69) is 38.8 Å². The Labute approximate surface area is 90.3 Å². The predicted molar refractivity (Wildman–Crippen MR) is 63.5 cm³/mol. The summed E-state index contributed by atoms with van der Waals surface area (Å²) >= 11 is -2.00. The monoisotopic (exact) mass is 263 g/mol. The molecular formula is C8H18Cl2PTi. The second kappa shape index (κ2) is 4.53. The van der Waals surface area contributed by atoms with E-state index in [1.165, 1.54) is 0 Å². The third-order valence-electron chi connectivity index (χ3n) is 1.68. The zero-order chi connectivity index (χ0) is 7.85. The molecule has 0 aliphatic rings. The first-order valence-corrected chi connectivity index (χ1v) is 11.8. The van der Waals surface area contributed by atoms with Crippen LogP contribution in [0.25, 0.3) is 0 Å². The molecule has 0 bridgehead atoms. The van der Waals surface area contributed by atoms with Crippen molar-refractivity contribution in [2.24, 2.45) is 0 Å². The van der Waals surface area contributed by atoms with Gasteiger partial charge in [-0.25, -0.2) is 0 Å². The van der Waals surface area contributed by atoms with Crippen LogP contribution in [0.4, 0.5) is 0 Å². The van der Waals surface area contributed by atoms with Gasteiger partial charge in [0.2, 0.25) is 0 Å². The van der Waals surface area contributed by atoms with Gasteiger partial charge in [-0.3, -0.25) is 0 Å². The van der Waals surface area contributed by atoms with E-state index < -0.39 is 15.3 Å². The molecule has 73 valence electrons. The first-order valence-electron chi connectivity index (χ1n) is 3.74. The van der Waals surface area contributed by atoms with E-state index in [0.29, 0.717) is 0 Å². The van der Waals surface area contributed by atoms with Gasteiger partial charge in [0.05, 0.1) is 0 Å².